The maximum Gasteiger partial charge on any atom is 0.320 e. The van der Waals surface area contributed by atoms with Crippen molar-refractivity contribution in [2.45, 2.75) is 47.0 Å². The first-order valence-corrected chi connectivity index (χ1v) is 8.21. The summed E-state index contributed by atoms with van der Waals surface area (Å²) in [6, 6.07) is 0. The third-order valence-corrected chi connectivity index (χ3v) is 5.93. The van der Waals surface area contributed by atoms with Crippen molar-refractivity contribution < 1.29 is 39.6 Å². The molecule has 25 heavy (non-hydrogen) atoms. The van der Waals surface area contributed by atoms with Crippen LogP contribution in [0, 0.1) is 34.5 Å². The number of aliphatic carboxylic acids is 4. The van der Waals surface area contributed by atoms with Gasteiger partial charge in [0.15, 0.2) is 10.8 Å². The van der Waals surface area contributed by atoms with E-state index in [2.05, 4.69) is 0 Å². The summed E-state index contributed by atoms with van der Waals surface area (Å²) in [5.74, 6) is -6.63. The second-order valence-corrected chi connectivity index (χ2v) is 7.81. The highest BCUT2D eigenvalue weighted by Gasteiger charge is 2.53. The molecule has 8 nitrogen and oxygen atoms in total. The van der Waals surface area contributed by atoms with Gasteiger partial charge in [0.05, 0.1) is 0 Å². The normalized spacial score (nSPS) is 27.0. The largest absolute Gasteiger partial charge is 0.480 e. The molecule has 1 saturated carbocycles. The van der Waals surface area contributed by atoms with Crippen molar-refractivity contribution in [2.75, 3.05) is 0 Å². The van der Waals surface area contributed by atoms with Crippen LogP contribution in [0.1, 0.15) is 47.0 Å². The van der Waals surface area contributed by atoms with Crippen LogP contribution in [-0.2, 0) is 19.2 Å². The number of hydrogen-bond acceptors (Lipinski definition) is 4. The van der Waals surface area contributed by atoms with Crippen molar-refractivity contribution in [1.82, 2.24) is 0 Å². The molecular weight excluding hydrogens is 332 g/mol. The minimum Gasteiger partial charge on any atom is -0.480 e. The van der Waals surface area contributed by atoms with Crippen molar-refractivity contribution in [3.8, 4) is 0 Å². The molecule has 0 saturated heterocycles. The lowest BCUT2D eigenvalue weighted by atomic mass is 9.69. The van der Waals surface area contributed by atoms with Crippen LogP contribution < -0.4 is 0 Å². The standard InChI is InChI=1S/C17H26O8/c1-8-5-9(2)11(7-17(4,14(22)23)15(24)25)10(8)6-16(3,12(18)19)13(20)21/h8-11H,5-7H2,1-4H3,(H,18,19)(H,20,21)(H,22,23)(H,24,25). The maximum absolute atomic E-state index is 11.5. The lowest BCUT2D eigenvalue weighted by Crippen LogP contribution is -2.42. The van der Waals surface area contributed by atoms with Crippen LogP contribution in [0.5, 0.6) is 0 Å². The molecule has 0 aromatic rings. The average molecular weight is 358 g/mol. The first kappa shape index (κ1) is 20.9. The molecule has 0 amide bonds. The van der Waals surface area contributed by atoms with Crippen LogP contribution in [0.4, 0.5) is 0 Å². The molecule has 4 atom stereocenters. The average Bonchev–Trinajstić information content (AvgIpc) is 2.72. The zero-order chi connectivity index (χ0) is 19.7. The third-order valence-electron chi connectivity index (χ3n) is 5.93. The SMILES string of the molecule is CC1CC(C)C(CC(C)(C(=O)O)C(=O)O)C1CC(C)(C(=O)O)C(=O)O. The highest BCUT2D eigenvalue weighted by molar-refractivity contribution is 5.98. The molecule has 0 aromatic heterocycles. The van der Waals surface area contributed by atoms with Gasteiger partial charge in [0, 0.05) is 0 Å². The number of hydrogen-bond donors (Lipinski definition) is 4. The van der Waals surface area contributed by atoms with E-state index in [0.29, 0.717) is 6.42 Å². The predicted octanol–water partition coefficient (Wildman–Crippen LogP) is 2.03. The summed E-state index contributed by atoms with van der Waals surface area (Å²) in [5.41, 5.74) is -3.99. The lowest BCUT2D eigenvalue weighted by Gasteiger charge is -2.33. The zero-order valence-electron chi connectivity index (χ0n) is 14.9. The van der Waals surface area contributed by atoms with Crippen LogP contribution in [0.3, 0.4) is 0 Å². The van der Waals surface area contributed by atoms with Gasteiger partial charge in [-0.25, -0.2) is 0 Å². The summed E-state index contributed by atoms with van der Waals surface area (Å²) in [7, 11) is 0. The van der Waals surface area contributed by atoms with Crippen LogP contribution >= 0.6 is 0 Å². The van der Waals surface area contributed by atoms with E-state index in [9.17, 15) is 39.6 Å². The Morgan fingerprint density at radius 1 is 0.720 bits per heavy atom. The van der Waals surface area contributed by atoms with Crippen LogP contribution in [0.2, 0.25) is 0 Å². The summed E-state index contributed by atoms with van der Waals surface area (Å²) < 4.78 is 0. The van der Waals surface area contributed by atoms with E-state index >= 15 is 0 Å². The fraction of sp³-hybridized carbons (Fsp3) is 0.765. The first-order valence-electron chi connectivity index (χ1n) is 8.21. The van der Waals surface area contributed by atoms with Gasteiger partial charge in [0.2, 0.25) is 0 Å². The Kier molecular flexibility index (Phi) is 5.87. The molecule has 4 N–H and O–H groups in total. The molecular formula is C17H26O8. The molecule has 1 aliphatic carbocycles. The van der Waals surface area contributed by atoms with E-state index in [1.165, 1.54) is 0 Å². The Morgan fingerprint density at radius 2 is 0.960 bits per heavy atom. The molecule has 1 rings (SSSR count). The van der Waals surface area contributed by atoms with E-state index in [0.717, 1.165) is 13.8 Å². The van der Waals surface area contributed by atoms with Crippen molar-refractivity contribution in [2.24, 2.45) is 34.5 Å². The van der Waals surface area contributed by atoms with Crippen LogP contribution in [0.25, 0.3) is 0 Å². The summed E-state index contributed by atoms with van der Waals surface area (Å²) in [5, 5.41) is 37.4. The molecule has 0 bridgehead atoms. The molecule has 0 radical (unpaired) electrons. The second kappa shape index (κ2) is 7.01. The van der Waals surface area contributed by atoms with Gasteiger partial charge < -0.3 is 20.4 Å². The molecule has 4 unspecified atom stereocenters. The van der Waals surface area contributed by atoms with E-state index in [4.69, 9.17) is 0 Å². The van der Waals surface area contributed by atoms with Gasteiger partial charge in [0.1, 0.15) is 0 Å². The van der Waals surface area contributed by atoms with E-state index in [1.807, 2.05) is 13.8 Å². The molecule has 0 spiro atoms. The Bertz CT molecular complexity index is 503. The second-order valence-electron chi connectivity index (χ2n) is 7.81. The van der Waals surface area contributed by atoms with E-state index < -0.39 is 34.7 Å². The van der Waals surface area contributed by atoms with Crippen molar-refractivity contribution >= 4 is 23.9 Å². The van der Waals surface area contributed by atoms with Gasteiger partial charge in [0.25, 0.3) is 0 Å². The molecule has 1 aliphatic rings. The number of carbonyl (C=O) groups is 4. The molecule has 1 fully saturated rings. The van der Waals surface area contributed by atoms with Crippen LogP contribution in [-0.4, -0.2) is 44.3 Å². The maximum atomic E-state index is 11.5. The fourth-order valence-electron chi connectivity index (χ4n) is 3.96. The minimum absolute atomic E-state index is 0.0233. The topological polar surface area (TPSA) is 149 Å². The molecule has 0 aliphatic heterocycles. The van der Waals surface area contributed by atoms with Gasteiger partial charge in [-0.05, 0) is 56.8 Å². The summed E-state index contributed by atoms with van der Waals surface area (Å²) in [6.45, 7) is 6.00. The van der Waals surface area contributed by atoms with E-state index in [-0.39, 0.29) is 36.5 Å². The zero-order valence-corrected chi connectivity index (χ0v) is 14.9. The Labute approximate surface area is 145 Å². The molecule has 8 heteroatoms. The van der Waals surface area contributed by atoms with Gasteiger partial charge in [-0.3, -0.25) is 19.2 Å². The number of carboxylic acid groups (broad SMARTS) is 4. The summed E-state index contributed by atoms with van der Waals surface area (Å²) in [4.78, 5) is 45.9. The van der Waals surface area contributed by atoms with Crippen molar-refractivity contribution in [3.05, 3.63) is 0 Å². The third kappa shape index (κ3) is 3.77. The first-order chi connectivity index (χ1) is 11.3. The van der Waals surface area contributed by atoms with Crippen LogP contribution in [0.15, 0.2) is 0 Å². The number of carboxylic acids is 4. The van der Waals surface area contributed by atoms with E-state index in [1.54, 1.807) is 0 Å². The summed E-state index contributed by atoms with van der Waals surface area (Å²) >= 11 is 0. The van der Waals surface area contributed by atoms with Crippen molar-refractivity contribution in [1.29, 1.82) is 0 Å². The highest BCUT2D eigenvalue weighted by atomic mass is 16.4. The van der Waals surface area contributed by atoms with Gasteiger partial charge >= 0.3 is 23.9 Å². The number of rotatable bonds is 8. The van der Waals surface area contributed by atoms with Crippen molar-refractivity contribution in [3.63, 3.8) is 0 Å². The predicted molar refractivity (Wildman–Crippen MR) is 85.9 cm³/mol. The molecule has 0 heterocycles. The molecule has 0 aromatic carbocycles. The smallest absolute Gasteiger partial charge is 0.320 e. The monoisotopic (exact) mass is 358 g/mol. The Hall–Kier alpha value is -2.12. The highest BCUT2D eigenvalue weighted by Crippen LogP contribution is 2.51. The lowest BCUT2D eigenvalue weighted by molar-refractivity contribution is -0.169. The Balaban J connectivity index is 3.20. The van der Waals surface area contributed by atoms with Gasteiger partial charge in [-0.15, -0.1) is 0 Å². The summed E-state index contributed by atoms with van der Waals surface area (Å²) in [6.07, 6.45) is 0.340. The fourth-order valence-corrected chi connectivity index (χ4v) is 3.96. The molecule has 142 valence electrons. The Morgan fingerprint density at radius 3 is 1.16 bits per heavy atom. The minimum atomic E-state index is -2.00. The van der Waals surface area contributed by atoms with Gasteiger partial charge in [-0.2, -0.15) is 0 Å². The van der Waals surface area contributed by atoms with Gasteiger partial charge in [-0.1, -0.05) is 13.8 Å². The quantitative estimate of drug-likeness (QED) is 0.481.